The molecule has 6 nitrogen and oxygen atoms in total. The predicted molar refractivity (Wildman–Crippen MR) is 114 cm³/mol. The minimum atomic E-state index is -4.85. The molecule has 0 aliphatic carbocycles. The number of amides is 1. The number of hydrogen-bond donors (Lipinski definition) is 3. The van der Waals surface area contributed by atoms with E-state index in [4.69, 9.17) is 4.52 Å². The van der Waals surface area contributed by atoms with E-state index in [9.17, 15) is 19.1 Å². The Hall–Kier alpha value is -2.18. The summed E-state index contributed by atoms with van der Waals surface area (Å²) in [5.41, 5.74) is 1.52. The first kappa shape index (κ1) is 22.5. The van der Waals surface area contributed by atoms with Gasteiger partial charge in [-0.05, 0) is 64.4 Å². The van der Waals surface area contributed by atoms with Crippen LogP contribution in [-0.4, -0.2) is 15.7 Å². The zero-order chi connectivity index (χ0) is 20.6. The predicted octanol–water partition coefficient (Wildman–Crippen LogP) is 2.14. The van der Waals surface area contributed by atoms with E-state index in [-0.39, 0.29) is 42.3 Å². The minimum Gasteiger partial charge on any atom is -1.00 e. The smallest absolute Gasteiger partial charge is 1.00 e. The van der Waals surface area contributed by atoms with Crippen LogP contribution < -0.4 is 39.4 Å². The van der Waals surface area contributed by atoms with Crippen LogP contribution in [0.2, 0.25) is 0 Å². The minimum absolute atomic E-state index is 0. The molecule has 148 valence electrons. The van der Waals surface area contributed by atoms with Gasteiger partial charge < -0.3 is 11.3 Å². The van der Waals surface area contributed by atoms with Crippen molar-refractivity contribution >= 4 is 41.0 Å². The number of nitrogens with one attached hydrogen (secondary N) is 1. The number of aryl methyl sites for hydroxylation is 1. The Morgan fingerprint density at radius 1 is 0.900 bits per heavy atom. The van der Waals surface area contributed by atoms with Crippen LogP contribution in [0.3, 0.4) is 0 Å². The second kappa shape index (κ2) is 8.90. The molecule has 4 rings (SSSR count). The number of carbonyl (C=O) groups excluding carboxylic acids is 1. The summed E-state index contributed by atoms with van der Waals surface area (Å²) in [5.74, 6) is -0.690. The van der Waals surface area contributed by atoms with Crippen molar-refractivity contribution in [1.82, 2.24) is 0 Å². The van der Waals surface area contributed by atoms with Crippen molar-refractivity contribution < 1.29 is 54.7 Å². The third kappa shape index (κ3) is 4.93. The fourth-order valence-corrected chi connectivity index (χ4v) is 3.66. The standard InChI is InChI=1S/C22H18NO5P.Na.H/c1-14-6-2-5-9-20(14)23-22(24)19-12-17-10-15-7-3-4-8-16(15)11-18(17)13-21(19)28-29(25,26)27;;/h2-13H,1H3,(H,23,24)(H2,25,26,27);;/q;+1;-1. The molecule has 0 saturated heterocycles. The molecule has 0 aromatic heterocycles. The number of phosphoric acid groups is 1. The van der Waals surface area contributed by atoms with Crippen molar-refractivity contribution in [3.8, 4) is 5.75 Å². The number of phosphoric ester groups is 1. The molecule has 0 radical (unpaired) electrons. The normalized spacial score (nSPS) is 11.2. The maximum atomic E-state index is 12.9. The van der Waals surface area contributed by atoms with E-state index in [1.165, 1.54) is 6.07 Å². The van der Waals surface area contributed by atoms with Gasteiger partial charge in [-0.1, -0.05) is 42.5 Å². The Kier molecular flexibility index (Phi) is 6.68. The van der Waals surface area contributed by atoms with Gasteiger partial charge in [0.1, 0.15) is 5.75 Å². The Labute approximate surface area is 196 Å². The molecule has 1 amide bonds. The molecule has 0 bridgehead atoms. The molecule has 0 unspecified atom stereocenters. The van der Waals surface area contributed by atoms with Gasteiger partial charge in [0.15, 0.2) is 0 Å². The summed E-state index contributed by atoms with van der Waals surface area (Å²) < 4.78 is 16.3. The van der Waals surface area contributed by atoms with Gasteiger partial charge in [0.2, 0.25) is 0 Å². The largest absolute Gasteiger partial charge is 1.00 e. The molecule has 0 spiro atoms. The Balaban J connectivity index is 0.00000171. The van der Waals surface area contributed by atoms with Gasteiger partial charge in [-0.2, -0.15) is 0 Å². The molecule has 0 saturated carbocycles. The van der Waals surface area contributed by atoms with E-state index < -0.39 is 13.7 Å². The molecule has 8 heteroatoms. The molecule has 4 aromatic rings. The summed E-state index contributed by atoms with van der Waals surface area (Å²) in [6.07, 6.45) is 0. The average Bonchev–Trinajstić information content (AvgIpc) is 2.66. The van der Waals surface area contributed by atoms with Crippen LogP contribution in [-0.2, 0) is 4.57 Å². The van der Waals surface area contributed by atoms with Crippen molar-refractivity contribution in [2.75, 3.05) is 5.32 Å². The summed E-state index contributed by atoms with van der Waals surface area (Å²) in [6.45, 7) is 1.86. The zero-order valence-electron chi connectivity index (χ0n) is 17.5. The van der Waals surface area contributed by atoms with Crippen LogP contribution >= 0.6 is 7.82 Å². The third-order valence-electron chi connectivity index (χ3n) is 4.66. The number of anilines is 1. The first-order valence-electron chi connectivity index (χ1n) is 8.89. The Morgan fingerprint density at radius 3 is 2.07 bits per heavy atom. The number of fused-ring (bicyclic) bond motifs is 2. The van der Waals surface area contributed by atoms with E-state index in [1.54, 1.807) is 18.2 Å². The van der Waals surface area contributed by atoms with Crippen LogP contribution in [0.1, 0.15) is 17.3 Å². The summed E-state index contributed by atoms with van der Waals surface area (Å²) in [6, 6.07) is 21.9. The van der Waals surface area contributed by atoms with Gasteiger partial charge in [-0.15, -0.1) is 0 Å². The van der Waals surface area contributed by atoms with E-state index in [0.717, 1.165) is 21.7 Å². The first-order valence-corrected chi connectivity index (χ1v) is 10.4. The van der Waals surface area contributed by atoms with Gasteiger partial charge in [0.05, 0.1) is 5.56 Å². The van der Waals surface area contributed by atoms with Crippen LogP contribution in [0.5, 0.6) is 5.75 Å². The van der Waals surface area contributed by atoms with Crippen molar-refractivity contribution in [1.29, 1.82) is 0 Å². The molecule has 0 aliphatic rings. The number of rotatable bonds is 4. The fraction of sp³-hybridized carbons (Fsp3) is 0.0455. The molecular weight excluding hydrogens is 412 g/mol. The molecule has 30 heavy (non-hydrogen) atoms. The number of para-hydroxylation sites is 1. The Bertz CT molecular complexity index is 1310. The summed E-state index contributed by atoms with van der Waals surface area (Å²) in [4.78, 5) is 31.6. The average molecular weight is 431 g/mol. The van der Waals surface area contributed by atoms with Crippen molar-refractivity contribution in [2.45, 2.75) is 6.92 Å². The Morgan fingerprint density at radius 2 is 1.47 bits per heavy atom. The summed E-state index contributed by atoms with van der Waals surface area (Å²) >= 11 is 0. The number of hydrogen-bond acceptors (Lipinski definition) is 3. The van der Waals surface area contributed by atoms with Crippen molar-refractivity contribution in [2.24, 2.45) is 0 Å². The molecule has 0 atom stereocenters. The monoisotopic (exact) mass is 431 g/mol. The maximum absolute atomic E-state index is 12.9. The first-order chi connectivity index (χ1) is 13.8. The maximum Gasteiger partial charge on any atom is 1.00 e. The molecule has 0 aliphatic heterocycles. The second-order valence-corrected chi connectivity index (χ2v) is 7.91. The van der Waals surface area contributed by atoms with Crippen LogP contribution in [0.4, 0.5) is 5.69 Å². The van der Waals surface area contributed by atoms with E-state index >= 15 is 0 Å². The van der Waals surface area contributed by atoms with Gasteiger partial charge in [-0.3, -0.25) is 14.6 Å². The van der Waals surface area contributed by atoms with Gasteiger partial charge in [0.25, 0.3) is 5.91 Å². The number of carbonyl (C=O) groups is 1. The quantitative estimate of drug-likeness (QED) is 0.262. The topological polar surface area (TPSA) is 95.9 Å². The SMILES string of the molecule is Cc1ccccc1NC(=O)c1cc2cc3ccccc3cc2cc1OP(=O)(O)O.[H-].[Na+]. The fourth-order valence-electron chi connectivity index (χ4n) is 3.26. The van der Waals surface area contributed by atoms with Gasteiger partial charge in [-0.25, -0.2) is 4.57 Å². The van der Waals surface area contributed by atoms with Crippen LogP contribution in [0.15, 0.2) is 72.8 Å². The van der Waals surface area contributed by atoms with E-state index in [1.807, 2.05) is 55.5 Å². The second-order valence-electron chi connectivity index (χ2n) is 6.75. The van der Waals surface area contributed by atoms with Crippen LogP contribution in [0, 0.1) is 6.92 Å². The van der Waals surface area contributed by atoms with Crippen molar-refractivity contribution in [3.63, 3.8) is 0 Å². The molecule has 0 fully saturated rings. The summed E-state index contributed by atoms with van der Waals surface area (Å²) in [5, 5.41) is 6.22. The van der Waals surface area contributed by atoms with Gasteiger partial charge >= 0.3 is 37.4 Å². The third-order valence-corrected chi connectivity index (χ3v) is 5.09. The number of benzene rings is 4. The zero-order valence-corrected chi connectivity index (χ0v) is 19.4. The molecule has 0 heterocycles. The van der Waals surface area contributed by atoms with Crippen molar-refractivity contribution in [3.05, 3.63) is 83.9 Å². The van der Waals surface area contributed by atoms with E-state index in [2.05, 4.69) is 5.32 Å². The molecule has 3 N–H and O–H groups in total. The molecule has 4 aromatic carbocycles. The summed E-state index contributed by atoms with van der Waals surface area (Å²) in [7, 11) is -4.85. The van der Waals surface area contributed by atoms with Crippen LogP contribution in [0.25, 0.3) is 21.5 Å². The molecular formula is C22H19NNaO5P. The van der Waals surface area contributed by atoms with Gasteiger partial charge in [0, 0.05) is 5.69 Å². The van der Waals surface area contributed by atoms with E-state index in [0.29, 0.717) is 11.1 Å².